The molecule has 0 heterocycles. The number of rotatable bonds is 5. The number of hydrogen-bond acceptors (Lipinski definition) is 3. The first kappa shape index (κ1) is 19.1. The number of thioether (sulfide) groups is 1. The van der Waals surface area contributed by atoms with Crippen molar-refractivity contribution in [1.82, 2.24) is 16.2 Å². The molecule has 132 valence electrons. The normalized spacial score (nSPS) is 23.3. The number of carbonyl (C=O) groups is 1. The Kier molecular flexibility index (Phi) is 7.85. The zero-order chi connectivity index (χ0) is 17.4. The van der Waals surface area contributed by atoms with E-state index >= 15 is 0 Å². The van der Waals surface area contributed by atoms with Crippen LogP contribution in [0.25, 0.3) is 0 Å². The fourth-order valence-electron chi connectivity index (χ4n) is 2.99. The highest BCUT2D eigenvalue weighted by atomic mass is 32.2. The van der Waals surface area contributed by atoms with Gasteiger partial charge in [0.1, 0.15) is 0 Å². The maximum atomic E-state index is 11.9. The molecule has 1 fully saturated rings. The highest BCUT2D eigenvalue weighted by molar-refractivity contribution is 7.99. The summed E-state index contributed by atoms with van der Waals surface area (Å²) in [7, 11) is 0. The predicted octanol–water partition coefficient (Wildman–Crippen LogP) is 3.24. The quantitative estimate of drug-likeness (QED) is 0.552. The van der Waals surface area contributed by atoms with Crippen molar-refractivity contribution in [3.05, 3.63) is 35.9 Å². The van der Waals surface area contributed by atoms with Crippen LogP contribution in [0.15, 0.2) is 30.3 Å². The summed E-state index contributed by atoms with van der Waals surface area (Å²) in [4.78, 5) is 11.9. The van der Waals surface area contributed by atoms with Gasteiger partial charge in [-0.25, -0.2) is 0 Å². The Morgan fingerprint density at radius 3 is 2.71 bits per heavy atom. The van der Waals surface area contributed by atoms with E-state index in [1.54, 1.807) is 11.8 Å². The minimum absolute atomic E-state index is 0.0647. The Morgan fingerprint density at radius 2 is 1.96 bits per heavy atom. The zero-order valence-corrected chi connectivity index (χ0v) is 16.0. The first-order chi connectivity index (χ1) is 11.6. The van der Waals surface area contributed by atoms with E-state index in [9.17, 15) is 4.79 Å². The van der Waals surface area contributed by atoms with Crippen molar-refractivity contribution in [1.29, 1.82) is 0 Å². The third-order valence-corrected chi connectivity index (χ3v) is 5.91. The lowest BCUT2D eigenvalue weighted by Crippen LogP contribution is -2.52. The molecule has 0 aromatic heterocycles. The Labute approximate surface area is 154 Å². The lowest BCUT2D eigenvalue weighted by Gasteiger charge is -2.35. The lowest BCUT2D eigenvalue weighted by molar-refractivity contribution is -0.119. The van der Waals surface area contributed by atoms with E-state index in [2.05, 4.69) is 42.1 Å². The van der Waals surface area contributed by atoms with E-state index in [0.29, 0.717) is 28.7 Å². The van der Waals surface area contributed by atoms with E-state index in [-0.39, 0.29) is 5.91 Å². The highest BCUT2D eigenvalue weighted by Crippen LogP contribution is 2.29. The van der Waals surface area contributed by atoms with Gasteiger partial charge in [0.2, 0.25) is 5.91 Å². The first-order valence-electron chi connectivity index (χ1n) is 8.53. The number of hydrazine groups is 1. The molecule has 0 unspecified atom stereocenters. The van der Waals surface area contributed by atoms with Gasteiger partial charge in [0, 0.05) is 11.8 Å². The lowest BCUT2D eigenvalue weighted by atomic mass is 9.78. The SMILES string of the molecule is C[C@@H]1[C@H](C)CCC[C@H]1NC(=S)NNC(=O)CSCc1ccccc1. The van der Waals surface area contributed by atoms with Crippen molar-refractivity contribution < 1.29 is 4.79 Å². The largest absolute Gasteiger partial charge is 0.358 e. The molecule has 0 saturated heterocycles. The molecule has 2 rings (SSSR count). The average molecular weight is 366 g/mol. The van der Waals surface area contributed by atoms with Crippen molar-refractivity contribution in [2.24, 2.45) is 11.8 Å². The molecule has 1 saturated carbocycles. The van der Waals surface area contributed by atoms with Gasteiger partial charge in [0.25, 0.3) is 0 Å². The van der Waals surface area contributed by atoms with Crippen LogP contribution in [0.5, 0.6) is 0 Å². The van der Waals surface area contributed by atoms with Gasteiger partial charge in [0.05, 0.1) is 5.75 Å². The van der Waals surface area contributed by atoms with E-state index < -0.39 is 0 Å². The molecule has 1 aromatic carbocycles. The number of carbonyl (C=O) groups excluding carboxylic acids is 1. The van der Waals surface area contributed by atoms with Gasteiger partial charge in [-0.3, -0.25) is 15.6 Å². The summed E-state index contributed by atoms with van der Waals surface area (Å²) in [6, 6.07) is 10.5. The number of thiocarbonyl (C=S) groups is 1. The average Bonchev–Trinajstić information content (AvgIpc) is 2.58. The molecule has 0 radical (unpaired) electrons. The monoisotopic (exact) mass is 365 g/mol. The summed E-state index contributed by atoms with van der Waals surface area (Å²) in [6.45, 7) is 4.56. The second-order valence-corrected chi connectivity index (χ2v) is 7.89. The highest BCUT2D eigenvalue weighted by Gasteiger charge is 2.27. The molecule has 3 N–H and O–H groups in total. The van der Waals surface area contributed by atoms with Crippen LogP contribution in [-0.2, 0) is 10.5 Å². The summed E-state index contributed by atoms with van der Waals surface area (Å²) >= 11 is 6.88. The van der Waals surface area contributed by atoms with Crippen LogP contribution in [-0.4, -0.2) is 22.8 Å². The third kappa shape index (κ3) is 6.32. The molecule has 0 aliphatic heterocycles. The molecule has 0 bridgehead atoms. The molecule has 6 heteroatoms. The molecule has 3 atom stereocenters. The molecule has 1 aliphatic carbocycles. The molecule has 1 aromatic rings. The maximum Gasteiger partial charge on any atom is 0.248 e. The van der Waals surface area contributed by atoms with Crippen molar-refractivity contribution in [2.45, 2.75) is 44.9 Å². The molecule has 24 heavy (non-hydrogen) atoms. The van der Waals surface area contributed by atoms with Crippen LogP contribution in [0.3, 0.4) is 0 Å². The Morgan fingerprint density at radius 1 is 1.21 bits per heavy atom. The van der Waals surface area contributed by atoms with Gasteiger partial charge in [-0.05, 0) is 36.0 Å². The summed E-state index contributed by atoms with van der Waals surface area (Å²) in [5, 5.41) is 3.84. The van der Waals surface area contributed by atoms with Crippen LogP contribution in [0.1, 0.15) is 38.7 Å². The van der Waals surface area contributed by atoms with Crippen LogP contribution in [0.2, 0.25) is 0 Å². The number of amides is 1. The van der Waals surface area contributed by atoms with Gasteiger partial charge >= 0.3 is 0 Å². The van der Waals surface area contributed by atoms with E-state index in [1.807, 2.05) is 18.2 Å². The fourth-order valence-corrected chi connectivity index (χ4v) is 3.98. The van der Waals surface area contributed by atoms with Gasteiger partial charge in [-0.15, -0.1) is 11.8 Å². The summed E-state index contributed by atoms with van der Waals surface area (Å²) in [5.41, 5.74) is 6.72. The van der Waals surface area contributed by atoms with Crippen LogP contribution in [0.4, 0.5) is 0 Å². The predicted molar refractivity (Wildman–Crippen MR) is 106 cm³/mol. The van der Waals surface area contributed by atoms with E-state index in [4.69, 9.17) is 12.2 Å². The Hall–Kier alpha value is -1.27. The van der Waals surface area contributed by atoms with Gasteiger partial charge in [-0.1, -0.05) is 57.0 Å². The summed E-state index contributed by atoms with van der Waals surface area (Å²) in [6.07, 6.45) is 3.65. The Bertz CT molecular complexity index is 538. The number of hydrogen-bond donors (Lipinski definition) is 3. The van der Waals surface area contributed by atoms with Gasteiger partial charge in [0.15, 0.2) is 5.11 Å². The van der Waals surface area contributed by atoms with E-state index in [0.717, 1.165) is 12.2 Å². The summed E-state index contributed by atoms with van der Waals surface area (Å²) in [5.74, 6) is 2.47. The molecule has 0 spiro atoms. The minimum atomic E-state index is -0.0647. The van der Waals surface area contributed by atoms with Crippen LogP contribution < -0.4 is 16.2 Å². The topological polar surface area (TPSA) is 53.2 Å². The second-order valence-electron chi connectivity index (χ2n) is 6.50. The van der Waals surface area contributed by atoms with Crippen molar-refractivity contribution in [2.75, 3.05) is 5.75 Å². The zero-order valence-electron chi connectivity index (χ0n) is 14.4. The minimum Gasteiger partial charge on any atom is -0.358 e. The molecule has 1 amide bonds. The number of benzene rings is 1. The summed E-state index contributed by atoms with van der Waals surface area (Å²) < 4.78 is 0. The first-order valence-corrected chi connectivity index (χ1v) is 10.1. The molecular weight excluding hydrogens is 338 g/mol. The van der Waals surface area contributed by atoms with Gasteiger partial charge in [-0.2, -0.15) is 0 Å². The van der Waals surface area contributed by atoms with Crippen LogP contribution in [0, 0.1) is 11.8 Å². The third-order valence-electron chi connectivity index (χ3n) is 4.68. The Balaban J connectivity index is 1.61. The van der Waals surface area contributed by atoms with E-state index in [1.165, 1.54) is 18.4 Å². The van der Waals surface area contributed by atoms with Crippen molar-refractivity contribution in [3.8, 4) is 0 Å². The van der Waals surface area contributed by atoms with Crippen molar-refractivity contribution >= 4 is 35.0 Å². The maximum absolute atomic E-state index is 11.9. The standard InChI is InChI=1S/C18H27N3OS2/c1-13-7-6-10-16(14(13)2)19-18(23)21-20-17(22)12-24-11-15-8-4-3-5-9-15/h3-5,8-9,13-14,16H,6-7,10-12H2,1-2H3,(H,20,22)(H2,19,21,23)/t13-,14-,16-/m1/s1. The van der Waals surface area contributed by atoms with Crippen molar-refractivity contribution in [3.63, 3.8) is 0 Å². The molecule has 1 aliphatic rings. The molecule has 4 nitrogen and oxygen atoms in total. The van der Waals surface area contributed by atoms with Crippen LogP contribution >= 0.6 is 24.0 Å². The smallest absolute Gasteiger partial charge is 0.248 e. The van der Waals surface area contributed by atoms with Gasteiger partial charge < -0.3 is 5.32 Å². The molecular formula is C18H27N3OS2. The number of nitrogens with one attached hydrogen (secondary N) is 3. The second kappa shape index (κ2) is 9.89. The fraction of sp³-hybridized carbons (Fsp3) is 0.556.